The number of quaternary nitrogens is 1. The Bertz CT molecular complexity index is 119. The number of rotatable bonds is 3. The topological polar surface area (TPSA) is 53.9 Å². The second-order valence-corrected chi connectivity index (χ2v) is 4.44. The van der Waals surface area contributed by atoms with Crippen LogP contribution in [0.25, 0.3) is 0 Å². The van der Waals surface area contributed by atoms with Crippen LogP contribution in [0.2, 0.25) is 0 Å². The summed E-state index contributed by atoms with van der Waals surface area (Å²) in [4.78, 5) is 10.9. The molecule has 0 aromatic heterocycles. The van der Waals surface area contributed by atoms with Gasteiger partial charge in [0.2, 0.25) is 0 Å². The molecule has 0 bridgehead atoms. The largest absolute Gasteiger partial charge is 0.459 e. The van der Waals surface area contributed by atoms with E-state index in [1.165, 1.54) is 0 Å². The van der Waals surface area contributed by atoms with Crippen molar-refractivity contribution in [3.63, 3.8) is 0 Å². The Morgan fingerprint density at radius 1 is 1.70 bits per heavy atom. The highest BCUT2D eigenvalue weighted by atomic mass is 79.9. The Morgan fingerprint density at radius 3 is 2.50 bits per heavy atom. The molecule has 0 aliphatic rings. The van der Waals surface area contributed by atoms with Gasteiger partial charge in [0.25, 0.3) is 0 Å². The molecule has 0 radical (unpaired) electrons. The highest BCUT2D eigenvalue weighted by molar-refractivity contribution is 9.10. The van der Waals surface area contributed by atoms with Gasteiger partial charge in [0.15, 0.2) is 0 Å². The number of hydrogen-bond donors (Lipinski definition) is 1. The number of carbonyl (C=O) groups excluding carboxylic acids is 1. The molecule has 3 nitrogen and oxygen atoms in total. The molecule has 0 fully saturated rings. The first-order chi connectivity index (χ1) is 4.48. The zero-order valence-electron chi connectivity index (χ0n) is 6.32. The number of hydrogen-bond acceptors (Lipinski definition) is 2. The highest BCUT2D eigenvalue weighted by Gasteiger charge is 2.24. The van der Waals surface area contributed by atoms with Gasteiger partial charge < -0.3 is 10.5 Å². The number of esters is 1. The second kappa shape index (κ2) is 3.93. The summed E-state index contributed by atoms with van der Waals surface area (Å²) in [5.41, 5.74) is 3.55. The summed E-state index contributed by atoms with van der Waals surface area (Å²) in [5.74, 6) is -0.240. The van der Waals surface area contributed by atoms with Crippen LogP contribution >= 0.6 is 15.9 Å². The average Bonchev–Trinajstić information content (AvgIpc) is 1.80. The van der Waals surface area contributed by atoms with E-state index in [0.717, 1.165) is 0 Å². The van der Waals surface area contributed by atoms with Crippen LogP contribution in [-0.2, 0) is 9.53 Å². The normalized spacial score (nSPS) is 11.2. The van der Waals surface area contributed by atoms with Crippen LogP contribution in [0.5, 0.6) is 0 Å². The second-order valence-electron chi connectivity index (χ2n) is 2.46. The lowest BCUT2D eigenvalue weighted by Gasteiger charge is -2.13. The molecule has 0 saturated heterocycles. The quantitative estimate of drug-likeness (QED) is 0.525. The molecule has 0 aliphatic heterocycles. The van der Waals surface area contributed by atoms with Crippen LogP contribution < -0.4 is 5.73 Å². The maximum absolute atomic E-state index is 10.9. The van der Waals surface area contributed by atoms with Crippen molar-refractivity contribution in [2.24, 2.45) is 0 Å². The molecule has 4 heteroatoms. The third kappa shape index (κ3) is 3.85. The fourth-order valence-corrected chi connectivity index (χ4v) is 0.451. The summed E-state index contributed by atoms with van der Waals surface area (Å²) in [6, 6.07) is 0. The number of halogens is 1. The van der Waals surface area contributed by atoms with Crippen LogP contribution in [-0.4, -0.2) is 23.4 Å². The Kier molecular flexibility index (Phi) is 3.89. The number of carbonyl (C=O) groups is 1. The monoisotopic (exact) mass is 210 g/mol. The van der Waals surface area contributed by atoms with E-state index < -0.39 is 4.32 Å². The summed E-state index contributed by atoms with van der Waals surface area (Å²) in [5, 5.41) is 0. The van der Waals surface area contributed by atoms with E-state index in [1.54, 1.807) is 13.8 Å². The van der Waals surface area contributed by atoms with E-state index >= 15 is 0 Å². The smallest absolute Gasteiger partial charge is 0.322 e. The van der Waals surface area contributed by atoms with Crippen LogP contribution in [0, 0.1) is 0 Å². The summed E-state index contributed by atoms with van der Waals surface area (Å²) in [6.45, 7) is 4.51. The lowest BCUT2D eigenvalue weighted by Crippen LogP contribution is -2.52. The van der Waals surface area contributed by atoms with Crippen molar-refractivity contribution >= 4 is 21.9 Å². The zero-order chi connectivity index (χ0) is 8.20. The summed E-state index contributed by atoms with van der Waals surface area (Å²) in [7, 11) is 0. The predicted octanol–water partition coefficient (Wildman–Crippen LogP) is -0.0550. The molecule has 0 aliphatic carbocycles. The first kappa shape index (κ1) is 9.91. The fourth-order valence-electron chi connectivity index (χ4n) is 0.336. The standard InChI is InChI=1S/C6H12BrNO2/c1-6(2,7)5(9)10-4-3-8/h3-4,8H2,1-2H3/p+1. The molecule has 0 aromatic carbocycles. The van der Waals surface area contributed by atoms with E-state index in [4.69, 9.17) is 4.74 Å². The number of ether oxygens (including phenoxy) is 1. The maximum Gasteiger partial charge on any atom is 0.322 e. The van der Waals surface area contributed by atoms with Gasteiger partial charge in [0.1, 0.15) is 17.5 Å². The van der Waals surface area contributed by atoms with Gasteiger partial charge in [-0.3, -0.25) is 4.79 Å². The summed E-state index contributed by atoms with van der Waals surface area (Å²) in [6.07, 6.45) is 0. The van der Waals surface area contributed by atoms with Crippen molar-refractivity contribution in [2.75, 3.05) is 13.2 Å². The number of alkyl halides is 1. The van der Waals surface area contributed by atoms with Crippen molar-refractivity contribution in [1.82, 2.24) is 0 Å². The fraction of sp³-hybridized carbons (Fsp3) is 0.833. The molecule has 0 saturated carbocycles. The molecule has 3 N–H and O–H groups in total. The Balaban J connectivity index is 3.64. The minimum Gasteiger partial charge on any atom is -0.459 e. The van der Waals surface area contributed by atoms with Gasteiger partial charge in [-0.1, -0.05) is 15.9 Å². The molecule has 60 valence electrons. The van der Waals surface area contributed by atoms with Gasteiger partial charge in [-0.2, -0.15) is 0 Å². The van der Waals surface area contributed by atoms with Crippen molar-refractivity contribution in [2.45, 2.75) is 18.2 Å². The van der Waals surface area contributed by atoms with Gasteiger partial charge in [-0.15, -0.1) is 0 Å². The Labute approximate surface area is 69.0 Å². The van der Waals surface area contributed by atoms with E-state index in [9.17, 15) is 4.79 Å². The van der Waals surface area contributed by atoms with Crippen LogP contribution in [0.4, 0.5) is 0 Å². The van der Waals surface area contributed by atoms with E-state index in [0.29, 0.717) is 13.2 Å². The van der Waals surface area contributed by atoms with Crippen LogP contribution in [0.1, 0.15) is 13.8 Å². The minimum atomic E-state index is -0.567. The first-order valence-corrected chi connectivity index (χ1v) is 3.93. The molecular weight excluding hydrogens is 198 g/mol. The molecule has 0 atom stereocenters. The first-order valence-electron chi connectivity index (χ1n) is 3.14. The van der Waals surface area contributed by atoms with Crippen molar-refractivity contribution in [3.8, 4) is 0 Å². The minimum absolute atomic E-state index is 0.240. The van der Waals surface area contributed by atoms with E-state index in [1.807, 2.05) is 0 Å². The summed E-state index contributed by atoms with van der Waals surface area (Å²) >= 11 is 3.18. The highest BCUT2D eigenvalue weighted by Crippen LogP contribution is 2.16. The van der Waals surface area contributed by atoms with Gasteiger partial charge in [0.05, 0.1) is 0 Å². The summed E-state index contributed by atoms with van der Waals surface area (Å²) < 4.78 is 4.24. The lowest BCUT2D eigenvalue weighted by molar-refractivity contribution is -0.372. The van der Waals surface area contributed by atoms with Crippen LogP contribution in [0.15, 0.2) is 0 Å². The van der Waals surface area contributed by atoms with Gasteiger partial charge in [0, 0.05) is 0 Å². The predicted molar refractivity (Wildman–Crippen MR) is 41.7 cm³/mol. The average molecular weight is 211 g/mol. The van der Waals surface area contributed by atoms with Crippen molar-refractivity contribution in [1.29, 1.82) is 0 Å². The van der Waals surface area contributed by atoms with Crippen LogP contribution in [0.3, 0.4) is 0 Å². The molecule has 10 heavy (non-hydrogen) atoms. The Morgan fingerprint density at radius 2 is 2.20 bits per heavy atom. The lowest BCUT2D eigenvalue weighted by atomic mass is 10.2. The van der Waals surface area contributed by atoms with Gasteiger partial charge >= 0.3 is 5.97 Å². The molecule has 0 aromatic rings. The van der Waals surface area contributed by atoms with Gasteiger partial charge in [-0.25, -0.2) is 0 Å². The van der Waals surface area contributed by atoms with E-state index in [-0.39, 0.29) is 5.97 Å². The molecule has 0 amide bonds. The molecular formula is C6H13BrNO2+. The molecule has 0 unspecified atom stereocenters. The van der Waals surface area contributed by atoms with Crippen molar-refractivity contribution < 1.29 is 15.3 Å². The molecule has 0 spiro atoms. The van der Waals surface area contributed by atoms with Gasteiger partial charge in [-0.05, 0) is 13.8 Å². The SMILES string of the molecule is CC(C)(Br)C(=O)OCC[NH3+]. The molecule has 0 rings (SSSR count). The van der Waals surface area contributed by atoms with E-state index in [2.05, 4.69) is 21.7 Å². The third-order valence-corrected chi connectivity index (χ3v) is 1.19. The molecule has 0 heterocycles. The third-order valence-electron chi connectivity index (χ3n) is 0.863. The zero-order valence-corrected chi connectivity index (χ0v) is 7.90. The van der Waals surface area contributed by atoms with Crippen molar-refractivity contribution in [3.05, 3.63) is 0 Å². The Hall–Kier alpha value is -0.0900. The maximum atomic E-state index is 10.9.